The Kier molecular flexibility index (Phi) is 7.32. The first kappa shape index (κ1) is 25.0. The Labute approximate surface area is 220 Å². The summed E-state index contributed by atoms with van der Waals surface area (Å²) in [5.74, 6) is -0.224. The van der Waals surface area contributed by atoms with Crippen molar-refractivity contribution in [1.29, 1.82) is 0 Å². The predicted molar refractivity (Wildman–Crippen MR) is 142 cm³/mol. The molecule has 0 bridgehead atoms. The van der Waals surface area contributed by atoms with Gasteiger partial charge in [-0.1, -0.05) is 42.5 Å². The monoisotopic (exact) mass is 529 g/mol. The molecule has 9 nitrogen and oxygen atoms in total. The normalized spacial score (nSPS) is 10.9. The van der Waals surface area contributed by atoms with Crippen molar-refractivity contribution in [3.63, 3.8) is 0 Å². The van der Waals surface area contributed by atoms with E-state index < -0.39 is 17.2 Å². The molecule has 3 aromatic heterocycles. The number of hydrogen-bond acceptors (Lipinski definition) is 7. The molecule has 0 fully saturated rings. The lowest BCUT2D eigenvalue weighted by Gasteiger charge is -2.12. The Bertz CT molecular complexity index is 1680. The quantitative estimate of drug-likeness (QED) is 0.292. The number of ether oxygens (including phenoxy) is 1. The van der Waals surface area contributed by atoms with E-state index in [9.17, 15) is 19.2 Å². The summed E-state index contributed by atoms with van der Waals surface area (Å²) in [6, 6.07) is 21.0. The Morgan fingerprint density at radius 1 is 0.895 bits per heavy atom. The molecule has 0 saturated carbocycles. The maximum Gasteiger partial charge on any atom is 0.332 e. The average molecular weight is 530 g/mol. The molecular formula is C28H23N3O6S. The molecule has 0 spiro atoms. The van der Waals surface area contributed by atoms with E-state index >= 15 is 0 Å². The first-order chi connectivity index (χ1) is 18.5. The minimum atomic E-state index is -0.613. The van der Waals surface area contributed by atoms with Crippen molar-refractivity contribution in [2.75, 3.05) is 0 Å². The van der Waals surface area contributed by atoms with Gasteiger partial charge in [-0.3, -0.25) is 23.5 Å². The third-order valence-electron chi connectivity index (χ3n) is 5.93. The zero-order valence-corrected chi connectivity index (χ0v) is 21.0. The van der Waals surface area contributed by atoms with Gasteiger partial charge < -0.3 is 14.5 Å². The number of benzene rings is 2. The highest BCUT2D eigenvalue weighted by Gasteiger charge is 2.18. The lowest BCUT2D eigenvalue weighted by molar-refractivity contribution is -0.145. The van der Waals surface area contributed by atoms with Gasteiger partial charge in [-0.05, 0) is 46.8 Å². The van der Waals surface area contributed by atoms with Gasteiger partial charge in [0.25, 0.3) is 11.5 Å². The van der Waals surface area contributed by atoms with E-state index in [1.165, 1.54) is 22.2 Å². The lowest BCUT2D eigenvalue weighted by atomic mass is 10.1. The van der Waals surface area contributed by atoms with Gasteiger partial charge in [-0.25, -0.2) is 4.79 Å². The second kappa shape index (κ2) is 11.1. The third kappa shape index (κ3) is 5.50. The molecule has 10 heteroatoms. The Morgan fingerprint density at radius 2 is 1.68 bits per heavy atom. The van der Waals surface area contributed by atoms with E-state index in [1.54, 1.807) is 47.8 Å². The summed E-state index contributed by atoms with van der Waals surface area (Å²) in [7, 11) is 0. The first-order valence-electron chi connectivity index (χ1n) is 11.8. The number of hydrogen-bond donors (Lipinski definition) is 1. The van der Waals surface area contributed by atoms with Crippen molar-refractivity contribution < 1.29 is 18.7 Å². The van der Waals surface area contributed by atoms with Gasteiger partial charge in [0, 0.05) is 5.56 Å². The molecule has 0 aliphatic heterocycles. The molecule has 0 aliphatic carbocycles. The maximum absolute atomic E-state index is 13.3. The molecule has 1 N–H and O–H groups in total. The summed E-state index contributed by atoms with van der Waals surface area (Å²) in [4.78, 5) is 51.4. The Morgan fingerprint density at radius 3 is 2.42 bits per heavy atom. The fourth-order valence-electron chi connectivity index (χ4n) is 3.97. The van der Waals surface area contributed by atoms with Crippen LogP contribution in [0.4, 0.5) is 0 Å². The molecule has 0 saturated heterocycles. The number of furan rings is 1. The fourth-order valence-corrected chi connectivity index (χ4v) is 4.81. The van der Waals surface area contributed by atoms with Crippen LogP contribution in [0, 0.1) is 0 Å². The van der Waals surface area contributed by atoms with E-state index in [2.05, 4.69) is 5.32 Å². The smallest absolute Gasteiger partial charge is 0.332 e. The Hall–Kier alpha value is -4.70. The van der Waals surface area contributed by atoms with Crippen LogP contribution in [0.5, 0.6) is 0 Å². The van der Waals surface area contributed by atoms with Crippen LogP contribution in [0.15, 0.2) is 98.4 Å². The number of thiophene rings is 1. The summed E-state index contributed by atoms with van der Waals surface area (Å²) in [5, 5.41) is 4.47. The van der Waals surface area contributed by atoms with Gasteiger partial charge in [0.2, 0.25) is 0 Å². The van der Waals surface area contributed by atoms with Gasteiger partial charge in [-0.15, -0.1) is 11.3 Å². The number of aromatic nitrogens is 2. The molecule has 5 aromatic rings. The number of rotatable bonds is 9. The van der Waals surface area contributed by atoms with E-state index in [-0.39, 0.29) is 32.1 Å². The highest BCUT2D eigenvalue weighted by atomic mass is 32.1. The zero-order valence-electron chi connectivity index (χ0n) is 20.2. The maximum atomic E-state index is 13.3. The zero-order chi connectivity index (χ0) is 26.5. The number of fused-ring (bicyclic) bond motifs is 1. The van der Waals surface area contributed by atoms with Gasteiger partial charge in [0.1, 0.15) is 23.6 Å². The number of carbonyl (C=O) groups is 2. The number of esters is 1. The summed E-state index contributed by atoms with van der Waals surface area (Å²) < 4.78 is 13.3. The molecule has 0 unspecified atom stereocenters. The van der Waals surface area contributed by atoms with Crippen LogP contribution >= 0.6 is 11.3 Å². The summed E-state index contributed by atoms with van der Waals surface area (Å²) >= 11 is 1.20. The first-order valence-corrected chi connectivity index (χ1v) is 12.7. The number of nitrogens with one attached hydrogen (secondary N) is 1. The van der Waals surface area contributed by atoms with E-state index in [0.29, 0.717) is 27.1 Å². The molecule has 38 heavy (non-hydrogen) atoms. The largest absolute Gasteiger partial charge is 0.467 e. The standard InChI is InChI=1S/C28H23N3O6S/c32-24(37-18-20-5-2-1-3-6-20)17-30-23-12-14-38-25(23)27(34)31(28(30)35)16-19-8-10-21(11-9-19)26(33)29-15-22-7-4-13-36-22/h1-14H,15-18H2,(H,29,33). The number of carbonyl (C=O) groups excluding carboxylic acids is 2. The third-order valence-corrected chi connectivity index (χ3v) is 6.82. The van der Waals surface area contributed by atoms with Crippen LogP contribution in [-0.2, 0) is 35.8 Å². The Balaban J connectivity index is 1.33. The highest BCUT2D eigenvalue weighted by Crippen LogP contribution is 2.16. The molecule has 2 aromatic carbocycles. The van der Waals surface area contributed by atoms with Crippen LogP contribution in [0.2, 0.25) is 0 Å². The topological polar surface area (TPSA) is 113 Å². The van der Waals surface area contributed by atoms with Crippen molar-refractivity contribution in [2.45, 2.75) is 26.2 Å². The number of amides is 1. The van der Waals surface area contributed by atoms with Crippen molar-refractivity contribution in [3.05, 3.63) is 128 Å². The average Bonchev–Trinajstić information content (AvgIpc) is 3.65. The van der Waals surface area contributed by atoms with Crippen LogP contribution in [-0.4, -0.2) is 21.0 Å². The minimum Gasteiger partial charge on any atom is -0.467 e. The molecule has 0 aliphatic rings. The number of nitrogens with zero attached hydrogens (tertiary/aromatic N) is 2. The van der Waals surface area contributed by atoms with Crippen LogP contribution in [0.3, 0.4) is 0 Å². The van der Waals surface area contributed by atoms with E-state index in [0.717, 1.165) is 10.1 Å². The van der Waals surface area contributed by atoms with Crippen molar-refractivity contribution in [1.82, 2.24) is 14.5 Å². The highest BCUT2D eigenvalue weighted by molar-refractivity contribution is 7.17. The lowest BCUT2D eigenvalue weighted by Crippen LogP contribution is -2.41. The van der Waals surface area contributed by atoms with Crippen LogP contribution in [0.1, 0.15) is 27.2 Å². The van der Waals surface area contributed by atoms with Crippen molar-refractivity contribution in [2.24, 2.45) is 0 Å². The molecule has 1 amide bonds. The van der Waals surface area contributed by atoms with Gasteiger partial charge in [0.15, 0.2) is 0 Å². The van der Waals surface area contributed by atoms with Crippen LogP contribution < -0.4 is 16.6 Å². The van der Waals surface area contributed by atoms with Crippen molar-refractivity contribution in [3.8, 4) is 0 Å². The molecule has 0 atom stereocenters. The SMILES string of the molecule is O=C(Cn1c(=O)n(Cc2ccc(C(=O)NCc3ccco3)cc2)c(=O)c2sccc21)OCc1ccccc1. The summed E-state index contributed by atoms with van der Waals surface area (Å²) in [6.45, 7) is 0.00619. The molecular weight excluding hydrogens is 506 g/mol. The molecule has 3 heterocycles. The molecule has 0 radical (unpaired) electrons. The van der Waals surface area contributed by atoms with Gasteiger partial charge in [0.05, 0.1) is 24.9 Å². The minimum absolute atomic E-state index is 0.0150. The van der Waals surface area contributed by atoms with Gasteiger partial charge in [-0.2, -0.15) is 0 Å². The van der Waals surface area contributed by atoms with E-state index in [1.807, 2.05) is 30.3 Å². The summed E-state index contributed by atoms with van der Waals surface area (Å²) in [5.41, 5.74) is 1.26. The predicted octanol–water partition coefficient (Wildman–Crippen LogP) is 3.54. The van der Waals surface area contributed by atoms with E-state index in [4.69, 9.17) is 9.15 Å². The molecule has 5 rings (SSSR count). The van der Waals surface area contributed by atoms with Crippen LogP contribution in [0.25, 0.3) is 10.2 Å². The van der Waals surface area contributed by atoms with Gasteiger partial charge >= 0.3 is 11.7 Å². The molecule has 192 valence electrons. The van der Waals surface area contributed by atoms with Crippen molar-refractivity contribution >= 4 is 33.4 Å². The second-order valence-electron chi connectivity index (χ2n) is 8.50. The fraction of sp³-hybridized carbons (Fsp3) is 0.143. The summed E-state index contributed by atoms with van der Waals surface area (Å²) in [6.07, 6.45) is 1.54. The second-order valence-corrected chi connectivity index (χ2v) is 9.42.